The Balaban J connectivity index is 2.44. The van der Waals surface area contributed by atoms with Gasteiger partial charge in [-0.1, -0.05) is 6.07 Å². The summed E-state index contributed by atoms with van der Waals surface area (Å²) in [6.07, 6.45) is 0.455. The van der Waals surface area contributed by atoms with Crippen LogP contribution in [-0.4, -0.2) is 26.4 Å². The number of halogens is 1. The van der Waals surface area contributed by atoms with E-state index in [4.69, 9.17) is 5.11 Å². The highest BCUT2D eigenvalue weighted by atomic mass is 19.1. The molecule has 0 amide bonds. The van der Waals surface area contributed by atoms with Crippen molar-refractivity contribution in [2.24, 2.45) is 0 Å². The molecule has 1 aromatic carbocycles. The molecule has 0 unspecified atom stereocenters. The number of aromatic nitrogens is 2. The zero-order chi connectivity index (χ0) is 15.6. The monoisotopic (exact) mass is 293 g/mol. The molecule has 0 aliphatic heterocycles. The molecule has 7 heteroatoms. The first kappa shape index (κ1) is 15.1. The number of aliphatic hydroxyl groups is 1. The van der Waals surface area contributed by atoms with Crippen molar-refractivity contribution < 1.29 is 14.4 Å². The van der Waals surface area contributed by atoms with Gasteiger partial charge in [0.05, 0.1) is 22.7 Å². The third kappa shape index (κ3) is 2.92. The molecule has 1 heterocycles. The van der Waals surface area contributed by atoms with Crippen LogP contribution < -0.4 is 0 Å². The number of rotatable bonds is 5. The van der Waals surface area contributed by atoms with Gasteiger partial charge >= 0.3 is 0 Å². The van der Waals surface area contributed by atoms with Crippen molar-refractivity contribution >= 4 is 5.69 Å². The van der Waals surface area contributed by atoms with Crippen molar-refractivity contribution in [1.29, 1.82) is 0 Å². The number of hydrogen-bond acceptors (Lipinski definition) is 4. The Morgan fingerprint density at radius 1 is 1.38 bits per heavy atom. The van der Waals surface area contributed by atoms with Gasteiger partial charge in [0.25, 0.3) is 5.69 Å². The van der Waals surface area contributed by atoms with Gasteiger partial charge in [0.15, 0.2) is 0 Å². The Labute approximate surface area is 121 Å². The number of nitro benzene ring substituents is 1. The van der Waals surface area contributed by atoms with E-state index >= 15 is 0 Å². The minimum atomic E-state index is -0.625. The second-order valence-corrected chi connectivity index (χ2v) is 4.78. The topological polar surface area (TPSA) is 81.2 Å². The van der Waals surface area contributed by atoms with E-state index in [2.05, 4.69) is 5.10 Å². The minimum Gasteiger partial charge on any atom is -0.396 e. The zero-order valence-corrected chi connectivity index (χ0v) is 11.8. The van der Waals surface area contributed by atoms with Crippen LogP contribution in [0.2, 0.25) is 0 Å². The molecule has 0 spiro atoms. The average Bonchev–Trinajstić information content (AvgIpc) is 2.69. The van der Waals surface area contributed by atoms with E-state index in [0.29, 0.717) is 6.42 Å². The molecule has 0 atom stereocenters. The van der Waals surface area contributed by atoms with Gasteiger partial charge in [-0.3, -0.25) is 14.8 Å². The molecule has 0 saturated heterocycles. The van der Waals surface area contributed by atoms with Gasteiger partial charge in [-0.25, -0.2) is 4.39 Å². The second-order valence-electron chi connectivity index (χ2n) is 4.78. The maximum Gasteiger partial charge on any atom is 0.277 e. The van der Waals surface area contributed by atoms with Crippen LogP contribution in [0.4, 0.5) is 10.1 Å². The van der Waals surface area contributed by atoms with Crippen LogP contribution in [0.1, 0.15) is 22.5 Å². The standard InChI is InChI=1S/C14H16FN3O3/c1-9-11(6-7-19)10(2)17(16-9)8-12-13(15)4-3-5-14(12)18(20)21/h3-5,19H,6-8H2,1-2H3. The number of aliphatic hydroxyl groups excluding tert-OH is 1. The Kier molecular flexibility index (Phi) is 4.32. The van der Waals surface area contributed by atoms with E-state index in [1.807, 2.05) is 0 Å². The molecule has 21 heavy (non-hydrogen) atoms. The molecule has 0 fully saturated rings. The van der Waals surface area contributed by atoms with Crippen LogP contribution in [0, 0.1) is 29.8 Å². The maximum absolute atomic E-state index is 13.9. The fourth-order valence-corrected chi connectivity index (χ4v) is 2.39. The summed E-state index contributed by atoms with van der Waals surface area (Å²) in [5.41, 5.74) is 2.14. The summed E-state index contributed by atoms with van der Waals surface area (Å²) in [6, 6.07) is 3.79. The number of nitro groups is 1. The Morgan fingerprint density at radius 2 is 2.10 bits per heavy atom. The molecular weight excluding hydrogens is 277 g/mol. The van der Waals surface area contributed by atoms with Crippen LogP contribution >= 0.6 is 0 Å². The van der Waals surface area contributed by atoms with Crippen molar-refractivity contribution in [3.8, 4) is 0 Å². The van der Waals surface area contributed by atoms with E-state index in [1.165, 1.54) is 22.9 Å². The molecule has 0 aliphatic carbocycles. The summed E-state index contributed by atoms with van der Waals surface area (Å²) in [5.74, 6) is -0.625. The molecule has 6 nitrogen and oxygen atoms in total. The van der Waals surface area contributed by atoms with Gasteiger partial charge in [-0.2, -0.15) is 5.10 Å². The van der Waals surface area contributed by atoms with E-state index in [1.54, 1.807) is 13.8 Å². The average molecular weight is 293 g/mol. The molecule has 0 bridgehead atoms. The molecule has 112 valence electrons. The van der Waals surface area contributed by atoms with Gasteiger partial charge < -0.3 is 5.11 Å². The summed E-state index contributed by atoms with van der Waals surface area (Å²) in [6.45, 7) is 3.58. The summed E-state index contributed by atoms with van der Waals surface area (Å²) in [4.78, 5) is 10.4. The van der Waals surface area contributed by atoms with Gasteiger partial charge in [0, 0.05) is 18.4 Å². The summed E-state index contributed by atoms with van der Waals surface area (Å²) in [5, 5.41) is 24.3. The summed E-state index contributed by atoms with van der Waals surface area (Å²) in [7, 11) is 0. The van der Waals surface area contributed by atoms with E-state index in [9.17, 15) is 14.5 Å². The van der Waals surface area contributed by atoms with Crippen LogP contribution in [0.15, 0.2) is 18.2 Å². The number of aryl methyl sites for hydroxylation is 1. The van der Waals surface area contributed by atoms with E-state index in [-0.39, 0.29) is 24.4 Å². The molecular formula is C14H16FN3O3. The van der Waals surface area contributed by atoms with Crippen LogP contribution in [0.25, 0.3) is 0 Å². The third-order valence-corrected chi connectivity index (χ3v) is 3.49. The molecule has 2 rings (SSSR count). The lowest BCUT2D eigenvalue weighted by molar-refractivity contribution is -0.385. The zero-order valence-electron chi connectivity index (χ0n) is 11.8. The van der Waals surface area contributed by atoms with E-state index in [0.717, 1.165) is 17.0 Å². The van der Waals surface area contributed by atoms with Crippen molar-refractivity contribution in [3.63, 3.8) is 0 Å². The quantitative estimate of drug-likeness (QED) is 0.676. The number of benzene rings is 1. The molecule has 2 aromatic rings. The Hall–Kier alpha value is -2.28. The molecule has 1 N–H and O–H groups in total. The summed E-state index contributed by atoms with van der Waals surface area (Å²) < 4.78 is 15.4. The first-order chi connectivity index (χ1) is 9.95. The van der Waals surface area contributed by atoms with Crippen molar-refractivity contribution in [2.75, 3.05) is 6.61 Å². The fourth-order valence-electron chi connectivity index (χ4n) is 2.39. The highest BCUT2D eigenvalue weighted by Gasteiger charge is 2.20. The molecule has 0 radical (unpaired) electrons. The third-order valence-electron chi connectivity index (χ3n) is 3.49. The fraction of sp³-hybridized carbons (Fsp3) is 0.357. The lowest BCUT2D eigenvalue weighted by Crippen LogP contribution is -2.09. The molecule has 1 aromatic heterocycles. The van der Waals surface area contributed by atoms with Crippen LogP contribution in [0.5, 0.6) is 0 Å². The highest BCUT2D eigenvalue weighted by Crippen LogP contribution is 2.24. The Bertz CT molecular complexity index is 682. The predicted molar refractivity (Wildman–Crippen MR) is 74.6 cm³/mol. The largest absolute Gasteiger partial charge is 0.396 e. The molecule has 0 aliphatic rings. The highest BCUT2D eigenvalue weighted by molar-refractivity contribution is 5.41. The maximum atomic E-state index is 13.9. The van der Waals surface area contributed by atoms with Gasteiger partial charge in [0.2, 0.25) is 0 Å². The van der Waals surface area contributed by atoms with Crippen LogP contribution in [0.3, 0.4) is 0 Å². The first-order valence-corrected chi connectivity index (χ1v) is 6.51. The van der Waals surface area contributed by atoms with E-state index < -0.39 is 10.7 Å². The second kappa shape index (κ2) is 6.01. The van der Waals surface area contributed by atoms with Crippen molar-refractivity contribution in [1.82, 2.24) is 9.78 Å². The van der Waals surface area contributed by atoms with Crippen molar-refractivity contribution in [3.05, 3.63) is 56.6 Å². The molecule has 0 saturated carbocycles. The number of nitrogens with zero attached hydrogens (tertiary/aromatic N) is 3. The number of hydrogen-bond donors (Lipinski definition) is 1. The Morgan fingerprint density at radius 3 is 2.71 bits per heavy atom. The normalized spacial score (nSPS) is 10.9. The van der Waals surface area contributed by atoms with Gasteiger partial charge in [0.1, 0.15) is 5.82 Å². The minimum absolute atomic E-state index is 0.00338. The summed E-state index contributed by atoms with van der Waals surface area (Å²) >= 11 is 0. The van der Waals surface area contributed by atoms with Gasteiger partial charge in [-0.15, -0.1) is 0 Å². The lowest BCUT2D eigenvalue weighted by Gasteiger charge is -2.07. The van der Waals surface area contributed by atoms with Crippen molar-refractivity contribution in [2.45, 2.75) is 26.8 Å². The van der Waals surface area contributed by atoms with Crippen LogP contribution in [-0.2, 0) is 13.0 Å². The SMILES string of the molecule is Cc1nn(Cc2c(F)cccc2[N+](=O)[O-])c(C)c1CCO. The lowest BCUT2D eigenvalue weighted by atomic mass is 10.1. The first-order valence-electron chi connectivity index (χ1n) is 6.51. The smallest absolute Gasteiger partial charge is 0.277 e. The van der Waals surface area contributed by atoms with Gasteiger partial charge in [-0.05, 0) is 31.9 Å². The predicted octanol–water partition coefficient (Wildman–Crippen LogP) is 2.13.